The second kappa shape index (κ2) is 9.15. The van der Waals surface area contributed by atoms with E-state index in [1.54, 1.807) is 6.08 Å². The van der Waals surface area contributed by atoms with E-state index in [0.29, 0.717) is 5.56 Å². The van der Waals surface area contributed by atoms with E-state index in [1.807, 2.05) is 17.5 Å². The summed E-state index contributed by atoms with van der Waals surface area (Å²) in [6.07, 6.45) is 1.90. The molecular formula is C20H17FN2O4S2. The van der Waals surface area contributed by atoms with Crippen molar-refractivity contribution < 1.29 is 23.6 Å². The first-order valence-corrected chi connectivity index (χ1v) is 10.4. The predicted molar refractivity (Wildman–Crippen MR) is 110 cm³/mol. The number of ketones is 1. The van der Waals surface area contributed by atoms with Crippen LogP contribution < -0.4 is 5.32 Å². The van der Waals surface area contributed by atoms with Crippen LogP contribution in [0.3, 0.4) is 0 Å². The third-order valence-electron chi connectivity index (χ3n) is 4.14. The quantitative estimate of drug-likeness (QED) is 0.535. The Balaban J connectivity index is 1.66. The van der Waals surface area contributed by atoms with Gasteiger partial charge >= 0.3 is 0 Å². The molecule has 2 aromatic rings. The first kappa shape index (κ1) is 20.9. The number of halogens is 1. The Morgan fingerprint density at radius 3 is 2.69 bits per heavy atom. The van der Waals surface area contributed by atoms with E-state index < -0.39 is 29.3 Å². The molecule has 0 atom stereocenters. The van der Waals surface area contributed by atoms with Gasteiger partial charge in [-0.1, -0.05) is 18.2 Å². The first-order chi connectivity index (χ1) is 13.8. The van der Waals surface area contributed by atoms with E-state index >= 15 is 0 Å². The minimum absolute atomic E-state index is 0.0760. The van der Waals surface area contributed by atoms with Crippen LogP contribution in [-0.4, -0.2) is 40.8 Å². The molecule has 29 heavy (non-hydrogen) atoms. The summed E-state index contributed by atoms with van der Waals surface area (Å²) in [6.45, 7) is 1.21. The fraction of sp³-hybridized carbons (Fsp3) is 0.200. The number of Topliss-reactive ketones (excluding diaryl/α,β-unsaturated/α-hetero) is 1. The number of nitrogens with one attached hydrogen (secondary N) is 1. The van der Waals surface area contributed by atoms with Gasteiger partial charge in [0.2, 0.25) is 5.91 Å². The summed E-state index contributed by atoms with van der Waals surface area (Å²) in [6, 6.07) is 7.66. The van der Waals surface area contributed by atoms with Crippen LogP contribution in [0.1, 0.15) is 27.7 Å². The molecule has 1 aliphatic rings. The van der Waals surface area contributed by atoms with E-state index in [-0.39, 0.29) is 29.3 Å². The van der Waals surface area contributed by atoms with E-state index in [2.05, 4.69) is 5.32 Å². The highest BCUT2D eigenvalue weighted by Crippen LogP contribution is 2.33. The number of thioether (sulfide) groups is 1. The van der Waals surface area contributed by atoms with E-state index in [0.717, 1.165) is 27.6 Å². The number of thiophene rings is 1. The minimum Gasteiger partial charge on any atom is -0.356 e. The Bertz CT molecular complexity index is 1000. The van der Waals surface area contributed by atoms with Crippen LogP contribution in [0, 0.1) is 5.82 Å². The Hall–Kier alpha value is -2.78. The Labute approximate surface area is 174 Å². The van der Waals surface area contributed by atoms with Gasteiger partial charge in [0.05, 0.1) is 11.4 Å². The van der Waals surface area contributed by atoms with E-state index in [4.69, 9.17) is 0 Å². The Morgan fingerprint density at radius 2 is 2.03 bits per heavy atom. The van der Waals surface area contributed by atoms with Gasteiger partial charge in [0.25, 0.3) is 11.1 Å². The molecule has 0 unspecified atom stereocenters. The van der Waals surface area contributed by atoms with Crippen LogP contribution >= 0.6 is 23.1 Å². The molecule has 1 fully saturated rings. The summed E-state index contributed by atoms with van der Waals surface area (Å²) >= 11 is 2.21. The average molecular weight is 432 g/mol. The van der Waals surface area contributed by atoms with Crippen LogP contribution in [0.15, 0.2) is 40.6 Å². The summed E-state index contributed by atoms with van der Waals surface area (Å²) in [5.41, 5.74) is 0.437. The highest BCUT2D eigenvalue weighted by Gasteiger charge is 2.36. The van der Waals surface area contributed by atoms with E-state index in [9.17, 15) is 23.6 Å². The van der Waals surface area contributed by atoms with Crippen molar-refractivity contribution in [2.75, 3.05) is 13.1 Å². The summed E-state index contributed by atoms with van der Waals surface area (Å²) in [5.74, 6) is -1.85. The molecule has 1 N–H and O–H groups in total. The highest BCUT2D eigenvalue weighted by atomic mass is 32.2. The maximum absolute atomic E-state index is 14.3. The molecule has 0 radical (unpaired) electrons. The van der Waals surface area contributed by atoms with Crippen molar-refractivity contribution in [2.24, 2.45) is 0 Å². The van der Waals surface area contributed by atoms with Gasteiger partial charge in [-0.05, 0) is 47.3 Å². The zero-order valence-electron chi connectivity index (χ0n) is 15.4. The largest absolute Gasteiger partial charge is 0.356 e. The average Bonchev–Trinajstić information content (AvgIpc) is 3.27. The van der Waals surface area contributed by atoms with Gasteiger partial charge in [-0.15, -0.1) is 11.3 Å². The predicted octanol–water partition coefficient (Wildman–Crippen LogP) is 3.49. The van der Waals surface area contributed by atoms with Gasteiger partial charge in [-0.2, -0.15) is 0 Å². The molecule has 0 aliphatic carbocycles. The molecule has 3 rings (SSSR count). The fourth-order valence-electron chi connectivity index (χ4n) is 2.67. The summed E-state index contributed by atoms with van der Waals surface area (Å²) in [7, 11) is 0. The van der Waals surface area contributed by atoms with Crippen LogP contribution in [0.5, 0.6) is 0 Å². The van der Waals surface area contributed by atoms with Gasteiger partial charge in [-0.3, -0.25) is 24.1 Å². The number of nitrogens with zero attached hydrogens (tertiary/aromatic N) is 1. The second-order valence-electron chi connectivity index (χ2n) is 6.25. The fourth-order valence-corrected chi connectivity index (χ4v) is 4.23. The van der Waals surface area contributed by atoms with Crippen molar-refractivity contribution in [2.45, 2.75) is 13.3 Å². The van der Waals surface area contributed by atoms with Gasteiger partial charge in [0.1, 0.15) is 5.82 Å². The number of amides is 3. The Kier molecular flexibility index (Phi) is 6.60. The normalized spacial score (nSPS) is 15.2. The van der Waals surface area contributed by atoms with Gasteiger partial charge in [0.15, 0.2) is 5.78 Å². The number of carbonyl (C=O) groups excluding carboxylic acids is 4. The van der Waals surface area contributed by atoms with Crippen molar-refractivity contribution in [3.05, 3.63) is 62.4 Å². The summed E-state index contributed by atoms with van der Waals surface area (Å²) in [4.78, 5) is 49.9. The van der Waals surface area contributed by atoms with Crippen LogP contribution in [-0.2, 0) is 16.0 Å². The smallest absolute Gasteiger partial charge is 0.293 e. The molecule has 2 heterocycles. The zero-order chi connectivity index (χ0) is 21.0. The minimum atomic E-state index is -0.576. The number of carbonyl (C=O) groups is 4. The monoisotopic (exact) mass is 432 g/mol. The van der Waals surface area contributed by atoms with Crippen molar-refractivity contribution >= 4 is 52.0 Å². The van der Waals surface area contributed by atoms with Crippen LogP contribution in [0.4, 0.5) is 9.18 Å². The van der Waals surface area contributed by atoms with Gasteiger partial charge in [-0.25, -0.2) is 4.39 Å². The number of imide groups is 1. The van der Waals surface area contributed by atoms with E-state index in [1.165, 1.54) is 30.4 Å². The Morgan fingerprint density at radius 1 is 1.24 bits per heavy atom. The molecule has 1 aromatic carbocycles. The number of hydrogen-bond acceptors (Lipinski definition) is 6. The molecule has 3 amide bonds. The van der Waals surface area contributed by atoms with Crippen LogP contribution in [0.2, 0.25) is 0 Å². The summed E-state index contributed by atoms with van der Waals surface area (Å²) < 4.78 is 14.3. The van der Waals surface area contributed by atoms with Gasteiger partial charge < -0.3 is 5.32 Å². The maximum Gasteiger partial charge on any atom is 0.293 e. The lowest BCUT2D eigenvalue weighted by molar-refractivity contribution is -0.122. The molecule has 0 bridgehead atoms. The highest BCUT2D eigenvalue weighted by molar-refractivity contribution is 8.18. The molecule has 9 heteroatoms. The SMILES string of the molecule is CC(=O)NCCc1ccc(C(=O)CN2C(=O)S/C(=C\c3cccs3)C2=O)cc1F. The maximum atomic E-state index is 14.3. The molecule has 1 aromatic heterocycles. The lowest BCUT2D eigenvalue weighted by Crippen LogP contribution is -2.33. The lowest BCUT2D eigenvalue weighted by Gasteiger charge is -2.12. The number of hydrogen-bond donors (Lipinski definition) is 1. The number of benzene rings is 1. The molecule has 0 saturated carbocycles. The molecular weight excluding hydrogens is 415 g/mol. The van der Waals surface area contributed by atoms with Crippen molar-refractivity contribution in [3.63, 3.8) is 0 Å². The third-order valence-corrected chi connectivity index (χ3v) is 5.86. The van der Waals surface area contributed by atoms with Crippen molar-refractivity contribution in [1.29, 1.82) is 0 Å². The third kappa shape index (κ3) is 5.18. The number of rotatable bonds is 7. The second-order valence-corrected chi connectivity index (χ2v) is 8.22. The van der Waals surface area contributed by atoms with Gasteiger partial charge in [0, 0.05) is 23.9 Å². The molecule has 1 aliphatic heterocycles. The molecule has 150 valence electrons. The standard InChI is InChI=1S/C20H17FN2O4S2/c1-12(24)22-7-6-13-4-5-14(9-16(13)21)17(25)11-23-19(26)18(29-20(23)27)10-15-3-2-8-28-15/h2-5,8-10H,6-7,11H2,1H3,(H,22,24)/b18-10-. The molecule has 1 saturated heterocycles. The lowest BCUT2D eigenvalue weighted by atomic mass is 10.0. The summed E-state index contributed by atoms with van der Waals surface area (Å²) in [5, 5.41) is 3.90. The van der Waals surface area contributed by atoms with Crippen molar-refractivity contribution in [3.8, 4) is 0 Å². The van der Waals surface area contributed by atoms with Crippen LogP contribution in [0.25, 0.3) is 6.08 Å². The molecule has 0 spiro atoms. The molecule has 6 nitrogen and oxygen atoms in total. The first-order valence-electron chi connectivity index (χ1n) is 8.70. The van der Waals surface area contributed by atoms with Crippen molar-refractivity contribution in [1.82, 2.24) is 10.2 Å². The topological polar surface area (TPSA) is 83.6 Å². The zero-order valence-corrected chi connectivity index (χ0v) is 17.1.